The van der Waals surface area contributed by atoms with Crippen LogP contribution in [0.25, 0.3) is 0 Å². The zero-order chi connectivity index (χ0) is 15.4. The average molecular weight is 304 g/mol. The molecule has 1 unspecified atom stereocenters. The van der Waals surface area contributed by atoms with Crippen LogP contribution >= 0.6 is 11.6 Å². The molecule has 1 N–H and O–H groups in total. The first-order valence-corrected chi connectivity index (χ1v) is 7.58. The summed E-state index contributed by atoms with van der Waals surface area (Å²) >= 11 is 6.29. The quantitative estimate of drug-likeness (QED) is 0.867. The molecule has 0 spiro atoms. The molecule has 21 heavy (non-hydrogen) atoms. The van der Waals surface area contributed by atoms with Gasteiger partial charge in [0.15, 0.2) is 0 Å². The minimum atomic E-state index is 0.138. The summed E-state index contributed by atoms with van der Waals surface area (Å²) in [5.74, 6) is 0.883. The molecule has 0 fully saturated rings. The summed E-state index contributed by atoms with van der Waals surface area (Å²) in [6.07, 6.45) is 0. The second kappa shape index (κ2) is 6.97. The van der Waals surface area contributed by atoms with Gasteiger partial charge in [-0.15, -0.1) is 0 Å². The highest BCUT2D eigenvalue weighted by molar-refractivity contribution is 6.31. The van der Waals surface area contributed by atoms with Crippen molar-refractivity contribution in [2.24, 2.45) is 0 Å². The Labute approximate surface area is 132 Å². The Hall–Kier alpha value is -1.51. The summed E-state index contributed by atoms with van der Waals surface area (Å²) in [6, 6.07) is 12.6. The van der Waals surface area contributed by atoms with Crippen LogP contribution in [0.5, 0.6) is 5.75 Å². The predicted octanol–water partition coefficient (Wildman–Crippen LogP) is 4.66. The third kappa shape index (κ3) is 3.58. The fourth-order valence-corrected chi connectivity index (χ4v) is 2.69. The highest BCUT2D eigenvalue weighted by Crippen LogP contribution is 2.29. The molecule has 2 aromatic rings. The van der Waals surface area contributed by atoms with Gasteiger partial charge in [-0.3, -0.25) is 0 Å². The van der Waals surface area contributed by atoms with Gasteiger partial charge in [-0.25, -0.2) is 0 Å². The van der Waals surface area contributed by atoms with Crippen molar-refractivity contribution in [2.75, 3.05) is 13.7 Å². The topological polar surface area (TPSA) is 21.3 Å². The Bertz CT molecular complexity index is 625. The molecule has 0 aromatic heterocycles. The zero-order valence-electron chi connectivity index (χ0n) is 13.0. The predicted molar refractivity (Wildman–Crippen MR) is 89.4 cm³/mol. The zero-order valence-corrected chi connectivity index (χ0v) is 13.8. The minimum absolute atomic E-state index is 0.138. The highest BCUT2D eigenvalue weighted by atomic mass is 35.5. The molecule has 0 bridgehead atoms. The summed E-state index contributed by atoms with van der Waals surface area (Å²) in [4.78, 5) is 0. The second-order valence-corrected chi connectivity index (χ2v) is 5.63. The number of rotatable bonds is 5. The van der Waals surface area contributed by atoms with Crippen molar-refractivity contribution in [3.8, 4) is 5.75 Å². The molecule has 2 aromatic carbocycles. The van der Waals surface area contributed by atoms with E-state index in [0.29, 0.717) is 0 Å². The van der Waals surface area contributed by atoms with Crippen molar-refractivity contribution in [3.63, 3.8) is 0 Å². The molecule has 0 heterocycles. The maximum Gasteiger partial charge on any atom is 0.119 e. The monoisotopic (exact) mass is 303 g/mol. The van der Waals surface area contributed by atoms with E-state index in [0.717, 1.165) is 22.9 Å². The second-order valence-electron chi connectivity index (χ2n) is 5.22. The van der Waals surface area contributed by atoms with E-state index in [1.807, 2.05) is 19.1 Å². The van der Waals surface area contributed by atoms with Gasteiger partial charge in [-0.05, 0) is 60.8 Å². The molecule has 112 valence electrons. The van der Waals surface area contributed by atoms with Crippen LogP contribution in [0, 0.1) is 13.8 Å². The van der Waals surface area contributed by atoms with Gasteiger partial charge in [-0.2, -0.15) is 0 Å². The van der Waals surface area contributed by atoms with Crippen LogP contribution in [-0.4, -0.2) is 13.7 Å². The number of methoxy groups -OCH3 is 1. The van der Waals surface area contributed by atoms with Crippen molar-refractivity contribution < 1.29 is 4.74 Å². The minimum Gasteiger partial charge on any atom is -0.497 e. The summed E-state index contributed by atoms with van der Waals surface area (Å²) < 4.78 is 5.29. The van der Waals surface area contributed by atoms with Gasteiger partial charge in [0, 0.05) is 5.02 Å². The molecule has 3 heteroatoms. The van der Waals surface area contributed by atoms with Gasteiger partial charge >= 0.3 is 0 Å². The number of halogens is 1. The van der Waals surface area contributed by atoms with Crippen LogP contribution in [0.4, 0.5) is 0 Å². The van der Waals surface area contributed by atoms with E-state index in [2.05, 4.69) is 43.4 Å². The van der Waals surface area contributed by atoms with Crippen LogP contribution in [-0.2, 0) is 0 Å². The molecular formula is C18H22ClNO. The smallest absolute Gasteiger partial charge is 0.119 e. The van der Waals surface area contributed by atoms with Crippen LogP contribution in [0.1, 0.15) is 35.2 Å². The SMILES string of the molecule is CCNC(c1ccc(C)c(Cl)c1)c1ccc(OC)cc1C. The molecule has 0 amide bonds. The fraction of sp³-hybridized carbons (Fsp3) is 0.333. The van der Waals surface area contributed by atoms with Gasteiger partial charge in [0.25, 0.3) is 0 Å². The van der Waals surface area contributed by atoms with Crippen molar-refractivity contribution in [1.82, 2.24) is 5.32 Å². The van der Waals surface area contributed by atoms with Gasteiger partial charge < -0.3 is 10.1 Å². The Morgan fingerprint density at radius 3 is 2.43 bits per heavy atom. The Balaban J connectivity index is 2.45. The Morgan fingerprint density at radius 1 is 1.10 bits per heavy atom. The first kappa shape index (κ1) is 15.9. The summed E-state index contributed by atoms with van der Waals surface area (Å²) in [5.41, 5.74) is 4.73. The van der Waals surface area contributed by atoms with Crippen molar-refractivity contribution in [1.29, 1.82) is 0 Å². The third-order valence-electron chi connectivity index (χ3n) is 3.73. The molecule has 0 saturated carbocycles. The number of benzene rings is 2. The number of aryl methyl sites for hydroxylation is 2. The highest BCUT2D eigenvalue weighted by Gasteiger charge is 2.16. The number of ether oxygens (including phenoxy) is 1. The van der Waals surface area contributed by atoms with E-state index in [-0.39, 0.29) is 6.04 Å². The molecular weight excluding hydrogens is 282 g/mol. The number of hydrogen-bond acceptors (Lipinski definition) is 2. The molecule has 2 rings (SSSR count). The molecule has 1 atom stereocenters. The van der Waals surface area contributed by atoms with Gasteiger partial charge in [-0.1, -0.05) is 36.7 Å². The normalized spacial score (nSPS) is 12.2. The fourth-order valence-electron chi connectivity index (χ4n) is 2.50. The maximum atomic E-state index is 6.29. The van der Waals surface area contributed by atoms with Crippen LogP contribution in [0.2, 0.25) is 5.02 Å². The summed E-state index contributed by atoms with van der Waals surface area (Å²) in [5, 5.41) is 4.35. The molecule has 0 radical (unpaired) electrons. The Kier molecular flexibility index (Phi) is 5.27. The van der Waals surface area contributed by atoms with Crippen LogP contribution in [0.15, 0.2) is 36.4 Å². The number of nitrogens with one attached hydrogen (secondary N) is 1. The summed E-state index contributed by atoms with van der Waals surface area (Å²) in [7, 11) is 1.69. The number of hydrogen-bond donors (Lipinski definition) is 1. The Morgan fingerprint density at radius 2 is 1.86 bits per heavy atom. The van der Waals surface area contributed by atoms with Crippen molar-refractivity contribution >= 4 is 11.6 Å². The molecule has 0 aliphatic carbocycles. The van der Waals surface area contributed by atoms with Crippen molar-refractivity contribution in [2.45, 2.75) is 26.8 Å². The van der Waals surface area contributed by atoms with Crippen molar-refractivity contribution in [3.05, 3.63) is 63.7 Å². The first-order valence-electron chi connectivity index (χ1n) is 7.20. The third-order valence-corrected chi connectivity index (χ3v) is 4.13. The van der Waals surface area contributed by atoms with E-state index in [1.54, 1.807) is 7.11 Å². The lowest BCUT2D eigenvalue weighted by molar-refractivity contribution is 0.414. The molecule has 0 aliphatic rings. The van der Waals surface area contributed by atoms with Crippen LogP contribution in [0.3, 0.4) is 0 Å². The summed E-state index contributed by atoms with van der Waals surface area (Å²) in [6.45, 7) is 7.13. The van der Waals surface area contributed by atoms with Crippen LogP contribution < -0.4 is 10.1 Å². The van der Waals surface area contributed by atoms with E-state index < -0.39 is 0 Å². The standard InChI is InChI=1S/C18H22ClNO/c1-5-20-18(14-7-6-12(2)17(19)11-14)16-9-8-15(21-4)10-13(16)3/h6-11,18,20H,5H2,1-4H3. The van der Waals surface area contributed by atoms with E-state index in [9.17, 15) is 0 Å². The largest absolute Gasteiger partial charge is 0.497 e. The molecule has 2 nitrogen and oxygen atoms in total. The lowest BCUT2D eigenvalue weighted by atomic mass is 9.94. The maximum absolute atomic E-state index is 6.29. The lowest BCUT2D eigenvalue weighted by Crippen LogP contribution is -2.22. The first-order chi connectivity index (χ1) is 10.1. The van der Waals surface area contributed by atoms with E-state index in [4.69, 9.17) is 16.3 Å². The molecule has 0 saturated heterocycles. The van der Waals surface area contributed by atoms with Gasteiger partial charge in [0.2, 0.25) is 0 Å². The molecule has 0 aliphatic heterocycles. The average Bonchev–Trinajstić information content (AvgIpc) is 2.48. The van der Waals surface area contributed by atoms with Gasteiger partial charge in [0.1, 0.15) is 5.75 Å². The van der Waals surface area contributed by atoms with E-state index in [1.165, 1.54) is 16.7 Å². The van der Waals surface area contributed by atoms with E-state index >= 15 is 0 Å². The lowest BCUT2D eigenvalue weighted by Gasteiger charge is -2.22. The van der Waals surface area contributed by atoms with Gasteiger partial charge in [0.05, 0.1) is 13.2 Å².